The van der Waals surface area contributed by atoms with E-state index in [1.54, 1.807) is 4.52 Å². The molecule has 0 amide bonds. The Hall–Kier alpha value is -2.18. The fraction of sp³-hybridized carbons (Fsp3) is 0.600. The third-order valence-electron chi connectivity index (χ3n) is 4.50. The number of nitrogens with zero attached hydrogens (tertiary/aromatic N) is 3. The second-order valence-corrected chi connectivity index (χ2v) is 5.72. The number of esters is 1. The summed E-state index contributed by atoms with van der Waals surface area (Å²) >= 11 is 0. The number of ether oxygens (including phenoxy) is 1. The van der Waals surface area contributed by atoms with Crippen molar-refractivity contribution in [1.82, 2.24) is 19.6 Å². The highest BCUT2D eigenvalue weighted by molar-refractivity contribution is 5.72. The number of carbonyl (C=O) groups is 1. The van der Waals surface area contributed by atoms with Crippen LogP contribution >= 0.6 is 0 Å². The number of rotatable bonds is 3. The number of fused-ring (bicyclic) bond motifs is 1. The predicted octanol–water partition coefficient (Wildman–Crippen LogP) is 1.43. The van der Waals surface area contributed by atoms with Gasteiger partial charge in [0.15, 0.2) is 5.52 Å². The summed E-state index contributed by atoms with van der Waals surface area (Å²) in [7, 11) is 1.43. The largest absolute Gasteiger partial charge is 0.469 e. The van der Waals surface area contributed by atoms with Crippen molar-refractivity contribution in [2.45, 2.75) is 44.9 Å². The Balaban J connectivity index is 1.91. The molecule has 2 aromatic heterocycles. The minimum Gasteiger partial charge on any atom is -0.469 e. The van der Waals surface area contributed by atoms with Crippen LogP contribution in [0.1, 0.15) is 50.0 Å². The summed E-state index contributed by atoms with van der Waals surface area (Å²) in [5.74, 6) is 0.911. The normalized spacial score (nSPS) is 21.9. The molecule has 0 saturated heterocycles. The molecule has 2 aromatic rings. The number of aromatic nitrogens is 4. The van der Waals surface area contributed by atoms with Crippen molar-refractivity contribution >= 4 is 11.5 Å². The van der Waals surface area contributed by atoms with Gasteiger partial charge in [0.2, 0.25) is 0 Å². The molecular formula is C15H20N4O3. The number of nitrogens with one attached hydrogen (secondary N) is 1. The first-order chi connectivity index (χ1) is 10.7. The van der Waals surface area contributed by atoms with Crippen LogP contribution in [0, 0.1) is 5.92 Å². The van der Waals surface area contributed by atoms with Gasteiger partial charge in [0.1, 0.15) is 12.2 Å². The molecule has 1 aliphatic rings. The zero-order valence-corrected chi connectivity index (χ0v) is 12.8. The molecule has 0 radical (unpaired) electrons. The first-order valence-electron chi connectivity index (χ1n) is 7.68. The van der Waals surface area contributed by atoms with Gasteiger partial charge in [0.05, 0.1) is 18.7 Å². The van der Waals surface area contributed by atoms with Gasteiger partial charge in [0.25, 0.3) is 5.56 Å². The molecule has 1 fully saturated rings. The molecule has 22 heavy (non-hydrogen) atoms. The smallest absolute Gasteiger partial charge is 0.308 e. The zero-order chi connectivity index (χ0) is 15.7. The van der Waals surface area contributed by atoms with E-state index < -0.39 is 0 Å². The zero-order valence-electron chi connectivity index (χ0n) is 12.8. The van der Waals surface area contributed by atoms with Crippen LogP contribution in [0.25, 0.3) is 5.52 Å². The highest BCUT2D eigenvalue weighted by atomic mass is 16.5. The van der Waals surface area contributed by atoms with Crippen molar-refractivity contribution in [3.63, 3.8) is 0 Å². The Morgan fingerprint density at radius 1 is 1.41 bits per heavy atom. The monoisotopic (exact) mass is 304 g/mol. The Morgan fingerprint density at radius 2 is 2.14 bits per heavy atom. The van der Waals surface area contributed by atoms with Gasteiger partial charge in [-0.3, -0.25) is 9.59 Å². The van der Waals surface area contributed by atoms with Gasteiger partial charge in [0, 0.05) is 5.92 Å². The summed E-state index contributed by atoms with van der Waals surface area (Å²) in [6, 6.07) is 0. The minimum absolute atomic E-state index is 0.0190. The van der Waals surface area contributed by atoms with E-state index in [0.29, 0.717) is 11.9 Å². The summed E-state index contributed by atoms with van der Waals surface area (Å²) in [6.07, 6.45) is 5.39. The SMILES string of the molecule is CCc1nc([C@H]2CC[C@H](C(=O)OC)CC2)n2nc[nH]c(=O)c12. The second kappa shape index (κ2) is 5.90. The summed E-state index contributed by atoms with van der Waals surface area (Å²) in [4.78, 5) is 30.9. The molecule has 1 aliphatic carbocycles. The molecule has 0 bridgehead atoms. The van der Waals surface area contributed by atoms with Gasteiger partial charge in [-0.1, -0.05) is 6.92 Å². The average molecular weight is 304 g/mol. The third kappa shape index (κ3) is 2.40. The van der Waals surface area contributed by atoms with E-state index in [-0.39, 0.29) is 23.4 Å². The lowest BCUT2D eigenvalue weighted by molar-refractivity contribution is -0.146. The molecule has 0 unspecified atom stereocenters. The fourth-order valence-electron chi connectivity index (χ4n) is 3.30. The van der Waals surface area contributed by atoms with Gasteiger partial charge in [-0.25, -0.2) is 9.50 Å². The van der Waals surface area contributed by atoms with Crippen molar-refractivity contribution < 1.29 is 9.53 Å². The molecule has 3 rings (SSSR count). The molecule has 7 heteroatoms. The van der Waals surface area contributed by atoms with E-state index in [1.165, 1.54) is 13.4 Å². The fourth-order valence-corrected chi connectivity index (χ4v) is 3.30. The van der Waals surface area contributed by atoms with Gasteiger partial charge in [-0.05, 0) is 32.1 Å². The number of imidazole rings is 1. The first-order valence-corrected chi connectivity index (χ1v) is 7.68. The molecule has 0 spiro atoms. The number of H-pyrrole nitrogens is 1. The first kappa shape index (κ1) is 14.7. The van der Waals surface area contributed by atoms with Gasteiger partial charge >= 0.3 is 5.97 Å². The standard InChI is InChI=1S/C15H20N4O3/c1-3-11-12-14(20)16-8-17-19(12)13(18-11)9-4-6-10(7-5-9)15(21)22-2/h8-10H,3-7H2,1-2H3,(H,16,17,20)/t9-,10-. The van der Waals surface area contributed by atoms with E-state index in [4.69, 9.17) is 4.74 Å². The van der Waals surface area contributed by atoms with E-state index in [2.05, 4.69) is 15.1 Å². The highest BCUT2D eigenvalue weighted by Gasteiger charge is 2.30. The molecule has 118 valence electrons. The summed E-state index contributed by atoms with van der Waals surface area (Å²) in [5, 5.41) is 4.26. The van der Waals surface area contributed by atoms with E-state index in [0.717, 1.165) is 37.2 Å². The predicted molar refractivity (Wildman–Crippen MR) is 79.7 cm³/mol. The summed E-state index contributed by atoms with van der Waals surface area (Å²) in [6.45, 7) is 1.98. The summed E-state index contributed by atoms with van der Waals surface area (Å²) < 4.78 is 6.49. The Morgan fingerprint density at radius 3 is 2.77 bits per heavy atom. The van der Waals surface area contributed by atoms with Crippen molar-refractivity contribution in [2.75, 3.05) is 7.11 Å². The maximum Gasteiger partial charge on any atom is 0.308 e. The van der Waals surface area contributed by atoms with Crippen LogP contribution in [0.15, 0.2) is 11.1 Å². The summed E-state index contributed by atoms with van der Waals surface area (Å²) in [5.41, 5.74) is 1.16. The molecule has 0 aromatic carbocycles. The molecular weight excluding hydrogens is 284 g/mol. The van der Waals surface area contributed by atoms with Crippen LogP contribution in [-0.2, 0) is 16.0 Å². The minimum atomic E-state index is -0.158. The lowest BCUT2D eigenvalue weighted by Gasteiger charge is -2.25. The van der Waals surface area contributed by atoms with Gasteiger partial charge in [-0.15, -0.1) is 0 Å². The quantitative estimate of drug-likeness (QED) is 0.866. The topological polar surface area (TPSA) is 89.3 Å². The van der Waals surface area contributed by atoms with Crippen LogP contribution in [-0.4, -0.2) is 32.7 Å². The Bertz CT molecular complexity index is 741. The van der Waals surface area contributed by atoms with Crippen molar-refractivity contribution in [3.05, 3.63) is 28.2 Å². The number of carbonyl (C=O) groups excluding carboxylic acids is 1. The van der Waals surface area contributed by atoms with E-state index in [1.807, 2.05) is 6.92 Å². The maximum absolute atomic E-state index is 12.0. The molecule has 2 heterocycles. The van der Waals surface area contributed by atoms with Crippen molar-refractivity contribution in [3.8, 4) is 0 Å². The number of hydrogen-bond donors (Lipinski definition) is 1. The van der Waals surface area contributed by atoms with Crippen LogP contribution in [0.3, 0.4) is 0 Å². The van der Waals surface area contributed by atoms with Crippen LogP contribution < -0.4 is 5.56 Å². The number of aromatic amines is 1. The number of hydrogen-bond acceptors (Lipinski definition) is 5. The Labute approximate surface area is 127 Å². The number of methoxy groups -OCH3 is 1. The average Bonchev–Trinajstić information content (AvgIpc) is 2.94. The third-order valence-corrected chi connectivity index (χ3v) is 4.50. The van der Waals surface area contributed by atoms with Crippen molar-refractivity contribution in [1.29, 1.82) is 0 Å². The second-order valence-electron chi connectivity index (χ2n) is 5.72. The van der Waals surface area contributed by atoms with E-state index >= 15 is 0 Å². The molecule has 7 nitrogen and oxygen atoms in total. The molecule has 1 N–H and O–H groups in total. The van der Waals surface area contributed by atoms with Crippen LogP contribution in [0.2, 0.25) is 0 Å². The Kier molecular flexibility index (Phi) is 3.96. The number of aryl methyl sites for hydroxylation is 1. The lowest BCUT2D eigenvalue weighted by atomic mass is 9.81. The van der Waals surface area contributed by atoms with Crippen molar-refractivity contribution in [2.24, 2.45) is 5.92 Å². The molecule has 0 aliphatic heterocycles. The molecule has 0 atom stereocenters. The molecule has 1 saturated carbocycles. The van der Waals surface area contributed by atoms with Gasteiger partial charge < -0.3 is 9.72 Å². The van der Waals surface area contributed by atoms with E-state index in [9.17, 15) is 9.59 Å². The van der Waals surface area contributed by atoms with Crippen LogP contribution in [0.4, 0.5) is 0 Å². The van der Waals surface area contributed by atoms with Gasteiger partial charge in [-0.2, -0.15) is 5.10 Å². The highest BCUT2D eigenvalue weighted by Crippen LogP contribution is 2.35. The lowest BCUT2D eigenvalue weighted by Crippen LogP contribution is -2.23. The van der Waals surface area contributed by atoms with Crippen LogP contribution in [0.5, 0.6) is 0 Å². The maximum atomic E-state index is 12.0.